The van der Waals surface area contributed by atoms with Crippen LogP contribution in [0.25, 0.3) is 5.69 Å². The highest BCUT2D eigenvalue weighted by molar-refractivity contribution is 5.95. The number of hydrogen-bond acceptors (Lipinski definition) is 5. The molecule has 0 atom stereocenters. The highest BCUT2D eigenvalue weighted by Crippen LogP contribution is 2.29. The van der Waals surface area contributed by atoms with Crippen LogP contribution in [0, 0.1) is 22.0 Å². The number of carbonyl (C=O) groups excluding carboxylic acids is 1. The van der Waals surface area contributed by atoms with Gasteiger partial charge < -0.3 is 5.32 Å². The average molecular weight is 415 g/mol. The SMILES string of the molecule is O=C(NCC#Cc1cccc(C(F)(F)F)c1)c1ccc(-n2cncn2)c([N+](=O)[O-])c1. The number of amides is 1. The molecule has 0 saturated carbocycles. The minimum Gasteiger partial charge on any atom is -0.341 e. The van der Waals surface area contributed by atoms with Gasteiger partial charge in [0.15, 0.2) is 0 Å². The van der Waals surface area contributed by atoms with Crippen LogP contribution < -0.4 is 5.32 Å². The number of halogens is 3. The van der Waals surface area contributed by atoms with E-state index in [4.69, 9.17) is 0 Å². The molecule has 3 rings (SSSR count). The van der Waals surface area contributed by atoms with Gasteiger partial charge in [-0.1, -0.05) is 17.9 Å². The van der Waals surface area contributed by atoms with Crippen molar-refractivity contribution in [3.63, 3.8) is 0 Å². The van der Waals surface area contributed by atoms with Crippen LogP contribution in [0.1, 0.15) is 21.5 Å². The Morgan fingerprint density at radius 2 is 2.03 bits per heavy atom. The molecular formula is C19H12F3N5O3. The summed E-state index contributed by atoms with van der Waals surface area (Å²) in [5, 5.41) is 17.6. The molecule has 8 nitrogen and oxygen atoms in total. The van der Waals surface area contributed by atoms with Gasteiger partial charge in [0, 0.05) is 17.2 Å². The van der Waals surface area contributed by atoms with Crippen molar-refractivity contribution in [3.8, 4) is 17.5 Å². The van der Waals surface area contributed by atoms with Gasteiger partial charge in [0.1, 0.15) is 18.3 Å². The topological polar surface area (TPSA) is 103 Å². The van der Waals surface area contributed by atoms with Crippen molar-refractivity contribution in [2.75, 3.05) is 6.54 Å². The summed E-state index contributed by atoms with van der Waals surface area (Å²) in [4.78, 5) is 26.6. The van der Waals surface area contributed by atoms with Crippen LogP contribution in [-0.2, 0) is 6.18 Å². The van der Waals surface area contributed by atoms with Crippen molar-refractivity contribution >= 4 is 11.6 Å². The first kappa shape index (κ1) is 20.5. The van der Waals surface area contributed by atoms with Gasteiger partial charge in [-0.2, -0.15) is 18.3 Å². The third-order valence-electron chi connectivity index (χ3n) is 3.86. The van der Waals surface area contributed by atoms with Crippen LogP contribution in [0.3, 0.4) is 0 Å². The zero-order valence-corrected chi connectivity index (χ0v) is 15.1. The number of benzene rings is 2. The van der Waals surface area contributed by atoms with Crippen molar-refractivity contribution in [1.29, 1.82) is 0 Å². The van der Waals surface area contributed by atoms with Crippen LogP contribution in [0.15, 0.2) is 55.1 Å². The summed E-state index contributed by atoms with van der Waals surface area (Å²) in [6.07, 6.45) is -1.97. The van der Waals surface area contributed by atoms with Crippen molar-refractivity contribution < 1.29 is 22.9 Å². The van der Waals surface area contributed by atoms with Gasteiger partial charge in [-0.25, -0.2) is 9.67 Å². The van der Waals surface area contributed by atoms with Crippen LogP contribution in [0.4, 0.5) is 18.9 Å². The summed E-state index contributed by atoms with van der Waals surface area (Å²) < 4.78 is 39.3. The zero-order chi connectivity index (χ0) is 21.7. The minimum absolute atomic E-state index is 0.0198. The Morgan fingerprint density at radius 3 is 2.70 bits per heavy atom. The molecule has 152 valence electrons. The molecule has 0 spiro atoms. The first-order valence-electron chi connectivity index (χ1n) is 8.33. The quantitative estimate of drug-likeness (QED) is 0.401. The lowest BCUT2D eigenvalue weighted by atomic mass is 10.1. The number of nitrogens with one attached hydrogen (secondary N) is 1. The molecule has 1 aromatic heterocycles. The zero-order valence-electron chi connectivity index (χ0n) is 15.1. The van der Waals surface area contributed by atoms with Gasteiger partial charge in [0.2, 0.25) is 0 Å². The molecule has 0 unspecified atom stereocenters. The lowest BCUT2D eigenvalue weighted by molar-refractivity contribution is -0.384. The molecule has 0 saturated heterocycles. The van der Waals surface area contributed by atoms with Crippen LogP contribution in [0.2, 0.25) is 0 Å². The van der Waals surface area contributed by atoms with E-state index in [2.05, 4.69) is 27.2 Å². The normalized spacial score (nSPS) is 10.8. The third-order valence-corrected chi connectivity index (χ3v) is 3.86. The molecule has 0 aliphatic heterocycles. The minimum atomic E-state index is -4.47. The maximum Gasteiger partial charge on any atom is 0.416 e. The van der Waals surface area contributed by atoms with Crippen molar-refractivity contribution in [2.24, 2.45) is 0 Å². The van der Waals surface area contributed by atoms with Crippen molar-refractivity contribution in [3.05, 3.63) is 81.9 Å². The second-order valence-corrected chi connectivity index (χ2v) is 5.86. The Morgan fingerprint density at radius 1 is 1.23 bits per heavy atom. The number of rotatable bonds is 4. The Bertz CT molecular complexity index is 1150. The maximum atomic E-state index is 12.7. The summed E-state index contributed by atoms with van der Waals surface area (Å²) >= 11 is 0. The lowest BCUT2D eigenvalue weighted by Gasteiger charge is -2.06. The second-order valence-electron chi connectivity index (χ2n) is 5.86. The van der Waals surface area contributed by atoms with E-state index in [1.807, 2.05) is 0 Å². The molecule has 0 aliphatic rings. The number of carbonyl (C=O) groups is 1. The highest BCUT2D eigenvalue weighted by atomic mass is 19.4. The fourth-order valence-corrected chi connectivity index (χ4v) is 2.48. The molecule has 0 radical (unpaired) electrons. The van der Waals surface area contributed by atoms with E-state index in [0.717, 1.165) is 18.2 Å². The third kappa shape index (κ3) is 4.79. The number of alkyl halides is 3. The summed E-state index contributed by atoms with van der Waals surface area (Å²) in [5.41, 5.74) is -0.863. The van der Waals surface area contributed by atoms with Gasteiger partial charge >= 0.3 is 6.18 Å². The number of nitro groups is 1. The van der Waals surface area contributed by atoms with Gasteiger partial charge in [-0.15, -0.1) is 0 Å². The Balaban J connectivity index is 1.70. The molecule has 30 heavy (non-hydrogen) atoms. The standard InChI is InChI=1S/C19H12F3N5O3/c20-19(21,22)15-5-1-3-13(9-15)4-2-8-24-18(28)14-6-7-16(17(10-14)27(29)30)26-12-23-11-25-26/h1,3,5-7,9-12H,8H2,(H,24,28). The van der Waals surface area contributed by atoms with Crippen molar-refractivity contribution in [2.45, 2.75) is 6.18 Å². The van der Waals surface area contributed by atoms with Gasteiger partial charge in [0.25, 0.3) is 11.6 Å². The number of nitrogens with zero attached hydrogens (tertiary/aromatic N) is 4. The van der Waals surface area contributed by atoms with E-state index in [0.29, 0.717) is 0 Å². The predicted molar refractivity (Wildman–Crippen MR) is 98.7 cm³/mol. The monoisotopic (exact) mass is 415 g/mol. The molecule has 11 heteroatoms. The Hall–Kier alpha value is -4.20. The molecule has 1 N–H and O–H groups in total. The molecule has 3 aromatic rings. The fraction of sp³-hybridized carbons (Fsp3) is 0.105. The average Bonchev–Trinajstić information content (AvgIpc) is 3.25. The second kappa shape index (κ2) is 8.44. The van der Waals surface area contributed by atoms with E-state index >= 15 is 0 Å². The smallest absolute Gasteiger partial charge is 0.341 e. The van der Waals surface area contributed by atoms with Gasteiger partial charge in [0.05, 0.1) is 17.0 Å². The molecule has 1 heterocycles. The fourth-order valence-electron chi connectivity index (χ4n) is 2.48. The molecular weight excluding hydrogens is 403 g/mol. The van der Waals surface area contributed by atoms with E-state index < -0.39 is 22.6 Å². The predicted octanol–water partition coefficient (Wildman–Crippen LogP) is 2.98. The number of aromatic nitrogens is 3. The van der Waals surface area contributed by atoms with E-state index in [9.17, 15) is 28.1 Å². The molecule has 1 amide bonds. The number of nitro benzene ring substituents is 1. The lowest BCUT2D eigenvalue weighted by Crippen LogP contribution is -2.23. The van der Waals surface area contributed by atoms with E-state index in [-0.39, 0.29) is 29.0 Å². The maximum absolute atomic E-state index is 12.7. The summed E-state index contributed by atoms with van der Waals surface area (Å²) in [5.74, 6) is 4.45. The van der Waals surface area contributed by atoms with Gasteiger partial charge in [-0.3, -0.25) is 14.9 Å². The first-order chi connectivity index (χ1) is 14.3. The van der Waals surface area contributed by atoms with Crippen LogP contribution in [0.5, 0.6) is 0 Å². The molecule has 0 aliphatic carbocycles. The summed E-state index contributed by atoms with van der Waals surface area (Å²) in [7, 11) is 0. The molecule has 0 bridgehead atoms. The van der Waals surface area contributed by atoms with E-state index in [1.54, 1.807) is 0 Å². The van der Waals surface area contributed by atoms with Crippen LogP contribution >= 0.6 is 0 Å². The van der Waals surface area contributed by atoms with Gasteiger partial charge in [-0.05, 0) is 30.3 Å². The largest absolute Gasteiger partial charge is 0.416 e. The Labute approximate surface area is 167 Å². The number of hydrogen-bond donors (Lipinski definition) is 1. The van der Waals surface area contributed by atoms with Crippen molar-refractivity contribution in [1.82, 2.24) is 20.1 Å². The molecule has 2 aromatic carbocycles. The van der Waals surface area contributed by atoms with E-state index in [1.165, 1.54) is 41.6 Å². The van der Waals surface area contributed by atoms with Crippen LogP contribution in [-0.4, -0.2) is 32.1 Å². The molecule has 0 fully saturated rings. The highest BCUT2D eigenvalue weighted by Gasteiger charge is 2.30. The first-order valence-corrected chi connectivity index (χ1v) is 8.33. The Kier molecular flexibility index (Phi) is 5.78. The summed E-state index contributed by atoms with van der Waals surface area (Å²) in [6.45, 7) is -0.159. The summed E-state index contributed by atoms with van der Waals surface area (Å²) in [6, 6.07) is 8.31.